The SMILES string of the molecule is CC1(C2CCN(C(=O)c3cccc(C(=O)O)c3)CC2)NC(=O)NC1=O. The minimum atomic E-state index is -1.08. The first-order valence-corrected chi connectivity index (χ1v) is 8.07. The summed E-state index contributed by atoms with van der Waals surface area (Å²) >= 11 is 0. The molecule has 1 aromatic carbocycles. The van der Waals surface area contributed by atoms with E-state index >= 15 is 0 Å². The van der Waals surface area contributed by atoms with Gasteiger partial charge in [0, 0.05) is 18.7 Å². The topological polar surface area (TPSA) is 116 Å². The predicted molar refractivity (Wildman–Crippen MR) is 87.1 cm³/mol. The van der Waals surface area contributed by atoms with E-state index in [0.29, 0.717) is 31.5 Å². The Kier molecular flexibility index (Phi) is 4.20. The Morgan fingerprint density at radius 2 is 1.84 bits per heavy atom. The molecule has 0 aromatic heterocycles. The molecule has 0 radical (unpaired) electrons. The van der Waals surface area contributed by atoms with Gasteiger partial charge < -0.3 is 15.3 Å². The lowest BCUT2D eigenvalue weighted by atomic mass is 9.79. The summed E-state index contributed by atoms with van der Waals surface area (Å²) in [6.07, 6.45) is 1.16. The minimum absolute atomic E-state index is 0.0617. The molecule has 8 nitrogen and oxygen atoms in total. The Hall–Kier alpha value is -2.90. The lowest BCUT2D eigenvalue weighted by Crippen LogP contribution is -2.54. The van der Waals surface area contributed by atoms with Gasteiger partial charge in [-0.1, -0.05) is 6.07 Å². The van der Waals surface area contributed by atoms with Crippen molar-refractivity contribution in [2.24, 2.45) is 5.92 Å². The van der Waals surface area contributed by atoms with Gasteiger partial charge in [-0.25, -0.2) is 9.59 Å². The highest BCUT2D eigenvalue weighted by atomic mass is 16.4. The molecule has 2 aliphatic heterocycles. The van der Waals surface area contributed by atoms with Gasteiger partial charge in [-0.05, 0) is 43.9 Å². The summed E-state index contributed by atoms with van der Waals surface area (Å²) in [5.74, 6) is -1.71. The molecular weight excluding hydrogens is 326 g/mol. The first kappa shape index (κ1) is 16.9. The van der Waals surface area contributed by atoms with Crippen LogP contribution in [0.15, 0.2) is 24.3 Å². The molecule has 0 saturated carbocycles. The number of likely N-dealkylation sites (tertiary alicyclic amines) is 1. The molecule has 8 heteroatoms. The van der Waals surface area contributed by atoms with Gasteiger partial charge in [0.2, 0.25) is 0 Å². The molecule has 2 heterocycles. The average molecular weight is 345 g/mol. The number of nitrogens with zero attached hydrogens (tertiary/aromatic N) is 1. The number of carbonyl (C=O) groups excluding carboxylic acids is 3. The van der Waals surface area contributed by atoms with Crippen LogP contribution in [0.3, 0.4) is 0 Å². The van der Waals surface area contributed by atoms with Crippen LogP contribution in [0.5, 0.6) is 0 Å². The second-order valence-electron chi connectivity index (χ2n) is 6.56. The lowest BCUT2D eigenvalue weighted by molar-refractivity contribution is -0.125. The smallest absolute Gasteiger partial charge is 0.335 e. The molecule has 0 aliphatic carbocycles. The molecule has 1 aromatic rings. The number of piperidine rings is 1. The quantitative estimate of drug-likeness (QED) is 0.702. The van der Waals surface area contributed by atoms with Crippen LogP contribution in [-0.4, -0.2) is 52.4 Å². The van der Waals surface area contributed by atoms with Crippen LogP contribution in [0.1, 0.15) is 40.5 Å². The van der Waals surface area contributed by atoms with Crippen molar-refractivity contribution in [1.29, 1.82) is 0 Å². The monoisotopic (exact) mass is 345 g/mol. The molecule has 2 saturated heterocycles. The number of urea groups is 1. The van der Waals surface area contributed by atoms with Crippen molar-refractivity contribution >= 4 is 23.8 Å². The van der Waals surface area contributed by atoms with E-state index in [4.69, 9.17) is 5.11 Å². The van der Waals surface area contributed by atoms with Gasteiger partial charge in [0.25, 0.3) is 11.8 Å². The fourth-order valence-corrected chi connectivity index (χ4v) is 3.47. The summed E-state index contributed by atoms with van der Waals surface area (Å²) in [4.78, 5) is 48.7. The summed E-state index contributed by atoms with van der Waals surface area (Å²) in [5.41, 5.74) is -0.551. The Labute approximate surface area is 144 Å². The van der Waals surface area contributed by atoms with E-state index in [1.165, 1.54) is 12.1 Å². The molecule has 0 spiro atoms. The number of rotatable bonds is 3. The number of imide groups is 1. The zero-order valence-electron chi connectivity index (χ0n) is 13.7. The summed E-state index contributed by atoms with van der Waals surface area (Å²) < 4.78 is 0. The lowest BCUT2D eigenvalue weighted by Gasteiger charge is -2.38. The van der Waals surface area contributed by atoms with Crippen LogP contribution in [0.2, 0.25) is 0 Å². The first-order valence-electron chi connectivity index (χ1n) is 8.07. The fourth-order valence-electron chi connectivity index (χ4n) is 3.47. The van der Waals surface area contributed by atoms with Gasteiger partial charge in [-0.2, -0.15) is 0 Å². The third-order valence-electron chi connectivity index (χ3n) is 5.03. The molecule has 2 fully saturated rings. The van der Waals surface area contributed by atoms with Crippen molar-refractivity contribution in [3.05, 3.63) is 35.4 Å². The fraction of sp³-hybridized carbons (Fsp3) is 0.412. The number of amides is 4. The minimum Gasteiger partial charge on any atom is -0.478 e. The second kappa shape index (κ2) is 6.19. The van der Waals surface area contributed by atoms with Crippen LogP contribution >= 0.6 is 0 Å². The van der Waals surface area contributed by atoms with Crippen molar-refractivity contribution in [2.75, 3.05) is 13.1 Å². The van der Waals surface area contributed by atoms with Gasteiger partial charge in [0.15, 0.2) is 0 Å². The van der Waals surface area contributed by atoms with Crippen molar-refractivity contribution < 1.29 is 24.3 Å². The highest BCUT2D eigenvalue weighted by Crippen LogP contribution is 2.31. The molecular formula is C17H19N3O5. The first-order chi connectivity index (χ1) is 11.8. The number of hydrogen-bond donors (Lipinski definition) is 3. The maximum Gasteiger partial charge on any atom is 0.335 e. The zero-order chi connectivity index (χ0) is 18.2. The standard InChI is InChI=1S/C17H19N3O5/c1-17(15(24)18-16(25)19-17)12-5-7-20(8-6-12)13(21)10-3-2-4-11(9-10)14(22)23/h2-4,9,12H,5-8H2,1H3,(H,22,23)(H2,18,19,24,25). The molecule has 1 atom stereocenters. The van der Waals surface area contributed by atoms with Crippen LogP contribution in [-0.2, 0) is 4.79 Å². The van der Waals surface area contributed by atoms with Crippen LogP contribution in [0.4, 0.5) is 4.79 Å². The van der Waals surface area contributed by atoms with Gasteiger partial charge in [-0.15, -0.1) is 0 Å². The molecule has 0 bridgehead atoms. The largest absolute Gasteiger partial charge is 0.478 e. The number of nitrogens with one attached hydrogen (secondary N) is 2. The number of carbonyl (C=O) groups is 4. The Morgan fingerprint density at radius 1 is 1.20 bits per heavy atom. The summed E-state index contributed by atoms with van der Waals surface area (Å²) in [6.45, 7) is 2.59. The summed E-state index contributed by atoms with van der Waals surface area (Å²) in [6, 6.07) is 5.45. The normalized spacial score (nSPS) is 24.0. The Bertz CT molecular complexity index is 754. The number of carboxylic acids is 1. The Morgan fingerprint density at radius 3 is 2.40 bits per heavy atom. The molecule has 4 amide bonds. The maximum absolute atomic E-state index is 12.6. The number of aromatic carboxylic acids is 1. The Balaban J connectivity index is 1.67. The van der Waals surface area contributed by atoms with E-state index in [1.807, 2.05) is 0 Å². The average Bonchev–Trinajstić information content (AvgIpc) is 2.87. The van der Waals surface area contributed by atoms with E-state index in [1.54, 1.807) is 24.0 Å². The maximum atomic E-state index is 12.6. The van der Waals surface area contributed by atoms with Gasteiger partial charge in [0.1, 0.15) is 5.54 Å². The van der Waals surface area contributed by atoms with Crippen LogP contribution in [0, 0.1) is 5.92 Å². The molecule has 3 rings (SSSR count). The zero-order valence-corrected chi connectivity index (χ0v) is 13.7. The second-order valence-corrected chi connectivity index (χ2v) is 6.56. The number of hydrogen-bond acceptors (Lipinski definition) is 4. The van der Waals surface area contributed by atoms with E-state index in [2.05, 4.69) is 10.6 Å². The van der Waals surface area contributed by atoms with Crippen molar-refractivity contribution in [3.8, 4) is 0 Å². The third-order valence-corrected chi connectivity index (χ3v) is 5.03. The number of carboxylic acid groups (broad SMARTS) is 1. The van der Waals surface area contributed by atoms with Crippen LogP contribution < -0.4 is 10.6 Å². The molecule has 2 aliphatic rings. The van der Waals surface area contributed by atoms with E-state index < -0.39 is 17.5 Å². The van der Waals surface area contributed by atoms with E-state index in [0.717, 1.165) is 0 Å². The van der Waals surface area contributed by atoms with Crippen molar-refractivity contribution in [3.63, 3.8) is 0 Å². The van der Waals surface area contributed by atoms with Gasteiger partial charge in [-0.3, -0.25) is 14.9 Å². The van der Waals surface area contributed by atoms with Crippen molar-refractivity contribution in [1.82, 2.24) is 15.5 Å². The summed E-state index contributed by atoms with van der Waals surface area (Å²) in [5, 5.41) is 14.0. The van der Waals surface area contributed by atoms with E-state index in [-0.39, 0.29) is 23.3 Å². The van der Waals surface area contributed by atoms with Gasteiger partial charge in [0.05, 0.1) is 5.56 Å². The highest BCUT2D eigenvalue weighted by molar-refractivity contribution is 6.07. The summed E-state index contributed by atoms with van der Waals surface area (Å²) in [7, 11) is 0. The van der Waals surface area contributed by atoms with Gasteiger partial charge >= 0.3 is 12.0 Å². The molecule has 1 unspecified atom stereocenters. The molecule has 3 N–H and O–H groups in total. The number of benzene rings is 1. The van der Waals surface area contributed by atoms with E-state index in [9.17, 15) is 19.2 Å². The molecule has 25 heavy (non-hydrogen) atoms. The molecule has 132 valence electrons. The highest BCUT2D eigenvalue weighted by Gasteiger charge is 2.48. The van der Waals surface area contributed by atoms with Crippen molar-refractivity contribution in [2.45, 2.75) is 25.3 Å². The third kappa shape index (κ3) is 3.07. The van der Waals surface area contributed by atoms with Crippen LogP contribution in [0.25, 0.3) is 0 Å². The predicted octanol–water partition coefficient (Wildman–Crippen LogP) is 0.835.